The molecule has 16 heavy (non-hydrogen) atoms. The Labute approximate surface area is 98.0 Å². The molecule has 0 spiro atoms. The van der Waals surface area contributed by atoms with Crippen LogP contribution in [-0.2, 0) is 0 Å². The van der Waals surface area contributed by atoms with Gasteiger partial charge in [-0.15, -0.1) is 0 Å². The maximum absolute atomic E-state index is 11.8. The second-order valence-corrected chi connectivity index (χ2v) is 5.75. The first-order chi connectivity index (χ1) is 7.29. The topological polar surface area (TPSA) is 52.6 Å². The van der Waals surface area contributed by atoms with Crippen molar-refractivity contribution in [2.75, 3.05) is 13.1 Å². The zero-order valence-corrected chi connectivity index (χ0v) is 10.8. The van der Waals surface area contributed by atoms with E-state index in [1.54, 1.807) is 0 Å². The summed E-state index contributed by atoms with van der Waals surface area (Å²) in [6.07, 6.45) is 1.54. The Kier molecular flexibility index (Phi) is 4.19. The first-order valence-corrected chi connectivity index (χ1v) is 6.05. The lowest BCUT2D eigenvalue weighted by molar-refractivity contribution is 0.0787. The molecule has 94 valence electrons. The van der Waals surface area contributed by atoms with E-state index in [0.29, 0.717) is 5.92 Å². The van der Waals surface area contributed by atoms with Crippen molar-refractivity contribution in [3.8, 4) is 0 Å². The molecule has 1 aliphatic rings. The molecule has 0 saturated carbocycles. The van der Waals surface area contributed by atoms with Gasteiger partial charge in [-0.05, 0) is 46.5 Å². The molecule has 4 nitrogen and oxygen atoms in total. The fourth-order valence-electron chi connectivity index (χ4n) is 1.98. The monoisotopic (exact) mass is 228 g/mol. The molecule has 0 bridgehead atoms. The Hall–Kier alpha value is -0.770. The summed E-state index contributed by atoms with van der Waals surface area (Å²) in [5.74, 6) is 0.346. The molecule has 1 saturated heterocycles. The molecule has 1 rings (SSSR count). The number of hydrogen-bond donors (Lipinski definition) is 2. The number of hydrogen-bond acceptors (Lipinski definition) is 2. The SMILES string of the molecule is CC(O)C1CCN(C(=O)NC(C)(C)C)CC1. The van der Waals surface area contributed by atoms with Gasteiger partial charge in [0.15, 0.2) is 0 Å². The second kappa shape index (κ2) is 5.04. The highest BCUT2D eigenvalue weighted by Crippen LogP contribution is 2.20. The molecule has 1 aliphatic heterocycles. The van der Waals surface area contributed by atoms with Crippen LogP contribution in [0.2, 0.25) is 0 Å². The molecule has 0 aliphatic carbocycles. The van der Waals surface area contributed by atoms with Crippen LogP contribution in [0.5, 0.6) is 0 Å². The van der Waals surface area contributed by atoms with Gasteiger partial charge in [-0.2, -0.15) is 0 Å². The number of rotatable bonds is 1. The molecule has 1 heterocycles. The van der Waals surface area contributed by atoms with Crippen molar-refractivity contribution in [1.29, 1.82) is 0 Å². The van der Waals surface area contributed by atoms with Gasteiger partial charge in [-0.25, -0.2) is 4.79 Å². The number of aliphatic hydroxyl groups excluding tert-OH is 1. The lowest BCUT2D eigenvalue weighted by Gasteiger charge is -2.35. The fourth-order valence-corrected chi connectivity index (χ4v) is 1.98. The van der Waals surface area contributed by atoms with E-state index < -0.39 is 0 Å². The molecular weight excluding hydrogens is 204 g/mol. The van der Waals surface area contributed by atoms with E-state index in [0.717, 1.165) is 25.9 Å². The number of nitrogens with one attached hydrogen (secondary N) is 1. The van der Waals surface area contributed by atoms with E-state index in [1.807, 2.05) is 32.6 Å². The molecule has 0 aromatic heterocycles. The summed E-state index contributed by atoms with van der Waals surface area (Å²) in [7, 11) is 0. The van der Waals surface area contributed by atoms with Crippen LogP contribution in [0, 0.1) is 5.92 Å². The van der Waals surface area contributed by atoms with Gasteiger partial charge < -0.3 is 15.3 Å². The van der Waals surface area contributed by atoms with Crippen molar-refractivity contribution in [1.82, 2.24) is 10.2 Å². The Morgan fingerprint density at radius 3 is 2.25 bits per heavy atom. The molecule has 0 aromatic carbocycles. The van der Waals surface area contributed by atoms with Crippen LogP contribution in [0.4, 0.5) is 4.79 Å². The molecule has 0 aromatic rings. The molecule has 1 fully saturated rings. The highest BCUT2D eigenvalue weighted by atomic mass is 16.3. The first-order valence-electron chi connectivity index (χ1n) is 6.05. The standard InChI is InChI=1S/C12H24N2O2/c1-9(15)10-5-7-14(8-6-10)11(16)13-12(2,3)4/h9-10,15H,5-8H2,1-4H3,(H,13,16). The Morgan fingerprint density at radius 1 is 1.38 bits per heavy atom. The molecule has 1 unspecified atom stereocenters. The van der Waals surface area contributed by atoms with Gasteiger partial charge in [0, 0.05) is 18.6 Å². The van der Waals surface area contributed by atoms with Gasteiger partial charge in [-0.3, -0.25) is 0 Å². The van der Waals surface area contributed by atoms with Gasteiger partial charge >= 0.3 is 6.03 Å². The number of carbonyl (C=O) groups is 1. The van der Waals surface area contributed by atoms with E-state index in [9.17, 15) is 9.90 Å². The summed E-state index contributed by atoms with van der Waals surface area (Å²) in [5, 5.41) is 12.4. The summed E-state index contributed by atoms with van der Waals surface area (Å²) >= 11 is 0. The highest BCUT2D eigenvalue weighted by molar-refractivity contribution is 5.75. The number of amides is 2. The minimum absolute atomic E-state index is 0.0107. The molecule has 2 amide bonds. The zero-order valence-electron chi connectivity index (χ0n) is 10.8. The molecule has 2 N–H and O–H groups in total. The molecule has 0 radical (unpaired) electrons. The highest BCUT2D eigenvalue weighted by Gasteiger charge is 2.26. The van der Waals surface area contributed by atoms with Crippen molar-refractivity contribution in [2.24, 2.45) is 5.92 Å². The average Bonchev–Trinajstić information content (AvgIpc) is 2.15. The number of likely N-dealkylation sites (tertiary alicyclic amines) is 1. The molecule has 4 heteroatoms. The molecule has 1 atom stereocenters. The van der Waals surface area contributed by atoms with Crippen molar-refractivity contribution in [3.63, 3.8) is 0 Å². The third-order valence-electron chi connectivity index (χ3n) is 2.99. The van der Waals surface area contributed by atoms with Gasteiger partial charge in [0.2, 0.25) is 0 Å². The van der Waals surface area contributed by atoms with Crippen molar-refractivity contribution in [2.45, 2.75) is 52.2 Å². The minimum atomic E-state index is -0.257. The number of nitrogens with zero attached hydrogens (tertiary/aromatic N) is 1. The van der Waals surface area contributed by atoms with E-state index >= 15 is 0 Å². The summed E-state index contributed by atoms with van der Waals surface area (Å²) in [4.78, 5) is 13.7. The molecular formula is C12H24N2O2. The second-order valence-electron chi connectivity index (χ2n) is 5.75. The van der Waals surface area contributed by atoms with E-state index in [-0.39, 0.29) is 17.7 Å². The van der Waals surface area contributed by atoms with Crippen LogP contribution in [0.1, 0.15) is 40.5 Å². The first kappa shape index (κ1) is 13.3. The lowest BCUT2D eigenvalue weighted by Crippen LogP contribution is -2.51. The Morgan fingerprint density at radius 2 is 1.88 bits per heavy atom. The zero-order chi connectivity index (χ0) is 12.3. The Balaban J connectivity index is 2.39. The smallest absolute Gasteiger partial charge is 0.317 e. The Bertz CT molecular complexity index is 238. The normalized spacial score (nSPS) is 20.7. The van der Waals surface area contributed by atoms with Crippen LogP contribution in [0.15, 0.2) is 0 Å². The number of urea groups is 1. The van der Waals surface area contributed by atoms with Crippen molar-refractivity contribution in [3.05, 3.63) is 0 Å². The fraction of sp³-hybridized carbons (Fsp3) is 0.917. The van der Waals surface area contributed by atoms with Crippen LogP contribution >= 0.6 is 0 Å². The third-order valence-corrected chi connectivity index (χ3v) is 2.99. The predicted octanol–water partition coefficient (Wildman–Crippen LogP) is 1.59. The average molecular weight is 228 g/mol. The quantitative estimate of drug-likeness (QED) is 0.716. The number of carbonyl (C=O) groups excluding carboxylic acids is 1. The van der Waals surface area contributed by atoms with E-state index in [2.05, 4.69) is 5.32 Å². The van der Waals surface area contributed by atoms with Crippen LogP contribution in [-0.4, -0.2) is 40.8 Å². The van der Waals surface area contributed by atoms with Crippen LogP contribution in [0.25, 0.3) is 0 Å². The predicted molar refractivity (Wildman–Crippen MR) is 64.3 cm³/mol. The maximum atomic E-state index is 11.8. The van der Waals surface area contributed by atoms with Crippen molar-refractivity contribution >= 4 is 6.03 Å². The summed E-state index contributed by atoms with van der Waals surface area (Å²) in [6.45, 7) is 9.26. The number of piperidine rings is 1. The van der Waals surface area contributed by atoms with Crippen LogP contribution < -0.4 is 5.32 Å². The van der Waals surface area contributed by atoms with Gasteiger partial charge in [0.25, 0.3) is 0 Å². The lowest BCUT2D eigenvalue weighted by atomic mass is 9.92. The summed E-state index contributed by atoms with van der Waals surface area (Å²) in [5.41, 5.74) is -0.182. The minimum Gasteiger partial charge on any atom is -0.393 e. The van der Waals surface area contributed by atoms with Gasteiger partial charge in [0.1, 0.15) is 0 Å². The maximum Gasteiger partial charge on any atom is 0.317 e. The number of aliphatic hydroxyl groups is 1. The van der Waals surface area contributed by atoms with Crippen molar-refractivity contribution < 1.29 is 9.90 Å². The summed E-state index contributed by atoms with van der Waals surface area (Å²) < 4.78 is 0. The third kappa shape index (κ3) is 4.00. The summed E-state index contributed by atoms with van der Waals surface area (Å²) in [6, 6.07) is 0.0107. The van der Waals surface area contributed by atoms with E-state index in [4.69, 9.17) is 0 Å². The van der Waals surface area contributed by atoms with Crippen LogP contribution in [0.3, 0.4) is 0 Å². The van der Waals surface area contributed by atoms with Gasteiger partial charge in [-0.1, -0.05) is 0 Å². The van der Waals surface area contributed by atoms with Gasteiger partial charge in [0.05, 0.1) is 6.10 Å². The largest absolute Gasteiger partial charge is 0.393 e. The van der Waals surface area contributed by atoms with E-state index in [1.165, 1.54) is 0 Å².